The molecule has 182 valence electrons. The van der Waals surface area contributed by atoms with Crippen molar-refractivity contribution >= 4 is 40.4 Å². The number of carbonyl (C=O) groups excluding carboxylic acids is 4. The second-order valence-electron chi connectivity index (χ2n) is 8.64. The van der Waals surface area contributed by atoms with Crippen molar-refractivity contribution in [2.45, 2.75) is 31.8 Å². The summed E-state index contributed by atoms with van der Waals surface area (Å²) in [5.41, 5.74) is 1.04. The highest BCUT2D eigenvalue weighted by molar-refractivity contribution is 7.16. The van der Waals surface area contributed by atoms with Crippen molar-refractivity contribution < 1.29 is 23.9 Å². The van der Waals surface area contributed by atoms with Gasteiger partial charge in [0.05, 0.1) is 12.1 Å². The molecular formula is C24H25N5O5S. The first kappa shape index (κ1) is 23.4. The fourth-order valence-electron chi connectivity index (χ4n) is 4.42. The minimum atomic E-state index is -0.400. The first-order chi connectivity index (χ1) is 17.0. The van der Waals surface area contributed by atoms with Gasteiger partial charge in [0, 0.05) is 57.6 Å². The highest BCUT2D eigenvalue weighted by atomic mass is 32.1. The molecule has 0 saturated carbocycles. The Labute approximate surface area is 206 Å². The standard InChI is InChI=1S/C24H25N5O5S/c30-17-14-16(26-8-6-15-4-1-2-7-25-15)20(31)19-21(17)35-22(27-19)24(33)29-11-9-28(10-12-29)23(32)18-5-3-13-34-18/h1-2,4,7,18H,3,5-6,8-14H2. The average molecular weight is 496 g/mol. The lowest BCUT2D eigenvalue weighted by Gasteiger charge is -2.35. The first-order valence-electron chi connectivity index (χ1n) is 11.7. The van der Waals surface area contributed by atoms with E-state index in [4.69, 9.17) is 4.74 Å². The molecule has 5 rings (SSSR count). The molecule has 1 atom stereocenters. The Balaban J connectivity index is 1.22. The summed E-state index contributed by atoms with van der Waals surface area (Å²) in [6.45, 7) is 2.51. The number of rotatable bonds is 5. The van der Waals surface area contributed by atoms with E-state index >= 15 is 0 Å². The molecule has 0 aromatic carbocycles. The molecular weight excluding hydrogens is 470 g/mol. The highest BCUT2D eigenvalue weighted by Crippen LogP contribution is 2.27. The van der Waals surface area contributed by atoms with Crippen LogP contribution in [0.15, 0.2) is 29.4 Å². The molecule has 0 N–H and O–H groups in total. The van der Waals surface area contributed by atoms with Crippen molar-refractivity contribution in [2.24, 2.45) is 4.99 Å². The number of thiazole rings is 1. The van der Waals surface area contributed by atoms with Crippen LogP contribution in [0, 0.1) is 0 Å². The van der Waals surface area contributed by atoms with Crippen molar-refractivity contribution in [1.82, 2.24) is 19.8 Å². The van der Waals surface area contributed by atoms with Crippen LogP contribution >= 0.6 is 11.3 Å². The molecule has 2 aliphatic heterocycles. The molecule has 0 radical (unpaired) electrons. The van der Waals surface area contributed by atoms with Crippen LogP contribution in [0.25, 0.3) is 0 Å². The Bertz CT molecular complexity index is 1180. The number of hydrogen-bond donors (Lipinski definition) is 0. The Hall–Kier alpha value is -3.31. The van der Waals surface area contributed by atoms with Crippen LogP contribution < -0.4 is 0 Å². The zero-order chi connectivity index (χ0) is 24.4. The number of amides is 2. The number of ether oxygens (including phenoxy) is 1. The predicted molar refractivity (Wildman–Crippen MR) is 127 cm³/mol. The topological polar surface area (TPSA) is 122 Å². The molecule has 2 amide bonds. The van der Waals surface area contributed by atoms with E-state index in [9.17, 15) is 19.2 Å². The van der Waals surface area contributed by atoms with Crippen molar-refractivity contribution in [3.8, 4) is 0 Å². The predicted octanol–water partition coefficient (Wildman–Crippen LogP) is 1.45. The third-order valence-corrected chi connectivity index (χ3v) is 7.43. The molecule has 3 aliphatic rings. The van der Waals surface area contributed by atoms with E-state index in [0.717, 1.165) is 29.9 Å². The molecule has 2 aromatic rings. The molecule has 11 heteroatoms. The van der Waals surface area contributed by atoms with E-state index in [1.165, 1.54) is 0 Å². The number of nitrogens with zero attached hydrogens (tertiary/aromatic N) is 5. The fraction of sp³-hybridized carbons (Fsp3) is 0.458. The SMILES string of the molecule is O=C1C(=NCCc2ccccn2)CC(=O)c2sc(C(=O)N3CCN(C(=O)C4CCCO4)CC3)nc21. The summed E-state index contributed by atoms with van der Waals surface area (Å²) >= 11 is 0.961. The summed E-state index contributed by atoms with van der Waals surface area (Å²) in [5, 5.41) is 0.116. The third kappa shape index (κ3) is 4.92. The Morgan fingerprint density at radius 2 is 1.94 bits per heavy atom. The van der Waals surface area contributed by atoms with Gasteiger partial charge in [-0.3, -0.25) is 29.2 Å². The number of Topliss-reactive ketones (excluding diaryl/α,β-unsaturated/α-hetero) is 2. The van der Waals surface area contributed by atoms with Crippen LogP contribution in [0.2, 0.25) is 0 Å². The van der Waals surface area contributed by atoms with Gasteiger partial charge in [-0.15, -0.1) is 11.3 Å². The summed E-state index contributed by atoms with van der Waals surface area (Å²) in [5.74, 6) is -1.00. The van der Waals surface area contributed by atoms with Gasteiger partial charge >= 0.3 is 0 Å². The zero-order valence-electron chi connectivity index (χ0n) is 19.1. The molecule has 0 bridgehead atoms. The van der Waals surface area contributed by atoms with Gasteiger partial charge in [-0.2, -0.15) is 0 Å². The van der Waals surface area contributed by atoms with Gasteiger partial charge < -0.3 is 14.5 Å². The number of ketones is 2. The maximum Gasteiger partial charge on any atom is 0.282 e. The van der Waals surface area contributed by atoms with Crippen LogP contribution in [0.1, 0.15) is 54.9 Å². The molecule has 35 heavy (non-hydrogen) atoms. The fourth-order valence-corrected chi connectivity index (χ4v) is 5.39. The maximum absolute atomic E-state index is 13.1. The summed E-state index contributed by atoms with van der Waals surface area (Å²) in [6, 6.07) is 5.58. The number of fused-ring (bicyclic) bond motifs is 1. The monoisotopic (exact) mass is 495 g/mol. The summed E-state index contributed by atoms with van der Waals surface area (Å²) < 4.78 is 5.48. The van der Waals surface area contributed by atoms with Gasteiger partial charge in [0.2, 0.25) is 5.78 Å². The number of hydrogen-bond acceptors (Lipinski definition) is 9. The Kier molecular flexibility index (Phi) is 6.78. The molecule has 0 spiro atoms. The van der Waals surface area contributed by atoms with E-state index in [0.29, 0.717) is 45.8 Å². The van der Waals surface area contributed by atoms with E-state index in [1.54, 1.807) is 16.0 Å². The second-order valence-corrected chi connectivity index (χ2v) is 9.64. The Morgan fingerprint density at radius 3 is 2.66 bits per heavy atom. The smallest absolute Gasteiger partial charge is 0.282 e. The van der Waals surface area contributed by atoms with E-state index in [1.807, 2.05) is 18.2 Å². The zero-order valence-corrected chi connectivity index (χ0v) is 20.0. The van der Waals surface area contributed by atoms with E-state index in [-0.39, 0.29) is 51.4 Å². The normalized spacial score (nSPS) is 21.5. The molecule has 2 fully saturated rings. The van der Waals surface area contributed by atoms with Crippen molar-refractivity contribution in [3.05, 3.63) is 45.7 Å². The lowest BCUT2D eigenvalue weighted by Crippen LogP contribution is -2.52. The lowest BCUT2D eigenvalue weighted by molar-refractivity contribution is -0.142. The summed E-state index contributed by atoms with van der Waals surface area (Å²) in [7, 11) is 0. The number of pyridine rings is 1. The number of carbonyl (C=O) groups is 4. The Morgan fingerprint density at radius 1 is 1.14 bits per heavy atom. The average Bonchev–Trinajstić information content (AvgIpc) is 3.58. The summed E-state index contributed by atoms with van der Waals surface area (Å²) in [6.07, 6.45) is 3.41. The van der Waals surface area contributed by atoms with Crippen LogP contribution in [0.4, 0.5) is 0 Å². The second kappa shape index (κ2) is 10.1. The lowest BCUT2D eigenvalue weighted by atomic mass is 9.98. The van der Waals surface area contributed by atoms with E-state index < -0.39 is 5.78 Å². The van der Waals surface area contributed by atoms with Crippen molar-refractivity contribution in [3.63, 3.8) is 0 Å². The molecule has 10 nitrogen and oxygen atoms in total. The number of aliphatic imine (C=N–C) groups is 1. The third-order valence-electron chi connectivity index (χ3n) is 6.35. The summed E-state index contributed by atoms with van der Waals surface area (Å²) in [4.78, 5) is 67.6. The molecule has 1 unspecified atom stereocenters. The molecule has 1 aliphatic carbocycles. The van der Waals surface area contributed by atoms with Gasteiger partial charge in [0.25, 0.3) is 11.8 Å². The number of piperazine rings is 1. The van der Waals surface area contributed by atoms with Gasteiger partial charge in [-0.25, -0.2) is 4.98 Å². The van der Waals surface area contributed by atoms with Crippen molar-refractivity contribution in [1.29, 1.82) is 0 Å². The largest absolute Gasteiger partial charge is 0.368 e. The van der Waals surface area contributed by atoms with Crippen molar-refractivity contribution in [2.75, 3.05) is 39.3 Å². The minimum Gasteiger partial charge on any atom is -0.368 e. The van der Waals surface area contributed by atoms with Crippen LogP contribution in [0.3, 0.4) is 0 Å². The van der Waals surface area contributed by atoms with Crippen LogP contribution in [0.5, 0.6) is 0 Å². The van der Waals surface area contributed by atoms with Gasteiger partial charge in [-0.1, -0.05) is 6.07 Å². The minimum absolute atomic E-state index is 0.0124. The van der Waals surface area contributed by atoms with E-state index in [2.05, 4.69) is 15.0 Å². The van der Waals surface area contributed by atoms with Crippen LogP contribution in [-0.2, 0) is 16.0 Å². The van der Waals surface area contributed by atoms with Crippen LogP contribution in [-0.4, -0.2) is 94.3 Å². The van der Waals surface area contributed by atoms with Gasteiger partial charge in [-0.05, 0) is 25.0 Å². The highest BCUT2D eigenvalue weighted by Gasteiger charge is 2.36. The molecule has 4 heterocycles. The quantitative estimate of drug-likeness (QED) is 0.615. The maximum atomic E-state index is 13.1. The van der Waals surface area contributed by atoms with Gasteiger partial charge in [0.15, 0.2) is 10.8 Å². The number of aromatic nitrogens is 2. The molecule has 2 saturated heterocycles. The van der Waals surface area contributed by atoms with Gasteiger partial charge in [0.1, 0.15) is 16.7 Å². The first-order valence-corrected chi connectivity index (χ1v) is 12.5. The molecule has 2 aromatic heterocycles.